The smallest absolute Gasteiger partial charge is 0.188 e. The Labute approximate surface area is 137 Å². The molecule has 0 bridgehead atoms. The first-order chi connectivity index (χ1) is 9.59. The van der Waals surface area contributed by atoms with Crippen molar-refractivity contribution in [3.63, 3.8) is 0 Å². The lowest BCUT2D eigenvalue weighted by Gasteiger charge is -2.60. The lowest BCUT2D eigenvalue weighted by molar-refractivity contribution is -0.175. The van der Waals surface area contributed by atoms with Crippen LogP contribution >= 0.6 is 31.9 Å². The van der Waals surface area contributed by atoms with E-state index in [1.165, 1.54) is 12.8 Å². The molecule has 0 N–H and O–H groups in total. The second kappa shape index (κ2) is 4.68. The zero-order valence-corrected chi connectivity index (χ0v) is 14.7. The van der Waals surface area contributed by atoms with Crippen LogP contribution < -0.4 is 0 Å². The minimum absolute atomic E-state index is 0.277. The molecule has 2 fully saturated rings. The Morgan fingerprint density at radius 3 is 2.40 bits per heavy atom. The minimum atomic E-state index is -0.444. The molecule has 0 aromatic carbocycles. The number of allylic oxidation sites excluding steroid dienone is 3. The number of halogens is 2. The fourth-order valence-corrected chi connectivity index (χ4v) is 6.28. The number of rotatable bonds is 0. The van der Waals surface area contributed by atoms with E-state index in [0.29, 0.717) is 9.65 Å². The van der Waals surface area contributed by atoms with Crippen molar-refractivity contribution < 1.29 is 9.47 Å². The molecular formula is C16H20Br2O2. The van der Waals surface area contributed by atoms with Gasteiger partial charge in [-0.3, -0.25) is 0 Å². The van der Waals surface area contributed by atoms with Gasteiger partial charge in [0.1, 0.15) is 0 Å². The third-order valence-corrected chi connectivity index (χ3v) is 8.40. The average Bonchev–Trinajstić information content (AvgIpc) is 2.87. The fraction of sp³-hybridized carbons (Fsp3) is 0.750. The lowest BCUT2D eigenvalue weighted by Crippen LogP contribution is -2.56. The van der Waals surface area contributed by atoms with Gasteiger partial charge in [-0.05, 0) is 42.6 Å². The van der Waals surface area contributed by atoms with Crippen LogP contribution in [-0.2, 0) is 9.47 Å². The normalized spacial score (nSPS) is 49.1. The van der Waals surface area contributed by atoms with E-state index in [4.69, 9.17) is 9.47 Å². The molecule has 1 saturated heterocycles. The summed E-state index contributed by atoms with van der Waals surface area (Å²) in [6.45, 7) is 1.45. The summed E-state index contributed by atoms with van der Waals surface area (Å²) in [5.41, 5.74) is 0.556. The van der Waals surface area contributed by atoms with Gasteiger partial charge in [-0.1, -0.05) is 50.1 Å². The predicted octanol–water partition coefficient (Wildman–Crippen LogP) is 4.33. The Bertz CT molecular complexity index is 469. The highest BCUT2D eigenvalue weighted by atomic mass is 79.9. The molecule has 3 aliphatic carbocycles. The summed E-state index contributed by atoms with van der Waals surface area (Å²) >= 11 is 7.77. The molecule has 0 aromatic rings. The van der Waals surface area contributed by atoms with Crippen molar-refractivity contribution in [2.45, 2.75) is 47.5 Å². The molecule has 4 heteroatoms. The predicted molar refractivity (Wildman–Crippen MR) is 86.3 cm³/mol. The Kier molecular flexibility index (Phi) is 3.27. The molecule has 1 saturated carbocycles. The van der Waals surface area contributed by atoms with Crippen LogP contribution in [0.15, 0.2) is 24.3 Å². The second-order valence-electron chi connectivity index (χ2n) is 6.78. The molecule has 20 heavy (non-hydrogen) atoms. The number of hydrogen-bond acceptors (Lipinski definition) is 2. The maximum absolute atomic E-state index is 5.97. The first-order valence-electron chi connectivity index (χ1n) is 7.50. The number of hydrogen-bond donors (Lipinski definition) is 0. The van der Waals surface area contributed by atoms with Crippen molar-refractivity contribution in [2.75, 3.05) is 13.2 Å². The maximum atomic E-state index is 5.97. The van der Waals surface area contributed by atoms with Gasteiger partial charge in [0, 0.05) is 16.1 Å². The molecule has 4 atom stereocenters. The molecule has 0 radical (unpaired) electrons. The zero-order valence-electron chi connectivity index (χ0n) is 11.5. The summed E-state index contributed by atoms with van der Waals surface area (Å²) < 4.78 is 11.9. The summed E-state index contributed by atoms with van der Waals surface area (Å²) in [6, 6.07) is 0. The van der Waals surface area contributed by atoms with Crippen LogP contribution in [0.1, 0.15) is 32.1 Å². The van der Waals surface area contributed by atoms with Crippen molar-refractivity contribution in [1.29, 1.82) is 0 Å². The van der Waals surface area contributed by atoms with Crippen LogP contribution in [0.25, 0.3) is 0 Å². The highest BCUT2D eigenvalue weighted by molar-refractivity contribution is 9.12. The first-order valence-corrected chi connectivity index (χ1v) is 9.34. The van der Waals surface area contributed by atoms with Gasteiger partial charge in [0.25, 0.3) is 0 Å². The van der Waals surface area contributed by atoms with Crippen molar-refractivity contribution >= 4 is 31.9 Å². The van der Waals surface area contributed by atoms with Gasteiger partial charge in [-0.2, -0.15) is 0 Å². The van der Waals surface area contributed by atoms with Crippen LogP contribution in [0.5, 0.6) is 0 Å². The largest absolute Gasteiger partial charge is 0.344 e. The molecular weight excluding hydrogens is 384 g/mol. The molecule has 0 unspecified atom stereocenters. The van der Waals surface area contributed by atoms with Gasteiger partial charge < -0.3 is 9.47 Å². The Balaban J connectivity index is 1.78. The van der Waals surface area contributed by atoms with Gasteiger partial charge in [-0.25, -0.2) is 0 Å². The minimum Gasteiger partial charge on any atom is -0.344 e. The van der Waals surface area contributed by atoms with E-state index in [-0.39, 0.29) is 10.8 Å². The molecule has 1 spiro atoms. The zero-order chi connectivity index (χ0) is 13.8. The SMILES string of the molecule is Br[C@@H]1C[C@]23C=CC4(C[C@@]2(CC=CC3)C[C@H]1Br)OCCO4. The van der Waals surface area contributed by atoms with Gasteiger partial charge in [-0.15, -0.1) is 0 Å². The molecule has 4 aliphatic rings. The quantitative estimate of drug-likeness (QED) is 0.442. The van der Waals surface area contributed by atoms with Crippen LogP contribution in [0.4, 0.5) is 0 Å². The van der Waals surface area contributed by atoms with E-state index in [0.717, 1.165) is 32.5 Å². The summed E-state index contributed by atoms with van der Waals surface area (Å²) in [7, 11) is 0. The van der Waals surface area contributed by atoms with Crippen molar-refractivity contribution in [3.8, 4) is 0 Å². The maximum Gasteiger partial charge on any atom is 0.188 e. The second-order valence-corrected chi connectivity index (χ2v) is 9.13. The Hall–Kier alpha value is 0.360. The summed E-state index contributed by atoms with van der Waals surface area (Å²) in [5, 5.41) is 0. The van der Waals surface area contributed by atoms with Gasteiger partial charge in [0.15, 0.2) is 5.79 Å². The van der Waals surface area contributed by atoms with Crippen LogP contribution in [-0.4, -0.2) is 28.7 Å². The van der Waals surface area contributed by atoms with Crippen LogP contribution in [0.3, 0.4) is 0 Å². The molecule has 4 rings (SSSR count). The van der Waals surface area contributed by atoms with Crippen molar-refractivity contribution in [3.05, 3.63) is 24.3 Å². The highest BCUT2D eigenvalue weighted by Crippen LogP contribution is 2.65. The van der Waals surface area contributed by atoms with Crippen molar-refractivity contribution in [1.82, 2.24) is 0 Å². The fourth-order valence-electron chi connectivity index (χ4n) is 4.70. The summed E-state index contributed by atoms with van der Waals surface area (Å²) in [5.74, 6) is -0.444. The van der Waals surface area contributed by atoms with Gasteiger partial charge in [0.05, 0.1) is 13.2 Å². The van der Waals surface area contributed by atoms with E-state index in [9.17, 15) is 0 Å². The third-order valence-electron chi connectivity index (χ3n) is 5.77. The van der Waals surface area contributed by atoms with E-state index in [2.05, 4.69) is 56.2 Å². The molecule has 1 aliphatic heterocycles. The topological polar surface area (TPSA) is 18.5 Å². The van der Waals surface area contributed by atoms with Gasteiger partial charge >= 0.3 is 0 Å². The number of alkyl halides is 2. The molecule has 0 aromatic heterocycles. The summed E-state index contributed by atoms with van der Waals surface area (Å²) in [6.07, 6.45) is 15.1. The number of ether oxygens (including phenoxy) is 2. The van der Waals surface area contributed by atoms with E-state index >= 15 is 0 Å². The molecule has 110 valence electrons. The van der Waals surface area contributed by atoms with Crippen LogP contribution in [0.2, 0.25) is 0 Å². The summed E-state index contributed by atoms with van der Waals surface area (Å²) in [4.78, 5) is 1.08. The molecule has 0 amide bonds. The monoisotopic (exact) mass is 402 g/mol. The van der Waals surface area contributed by atoms with Crippen molar-refractivity contribution in [2.24, 2.45) is 10.8 Å². The third kappa shape index (κ3) is 1.87. The van der Waals surface area contributed by atoms with E-state index in [1.807, 2.05) is 0 Å². The lowest BCUT2D eigenvalue weighted by atomic mass is 9.47. The van der Waals surface area contributed by atoms with E-state index in [1.54, 1.807) is 0 Å². The average molecular weight is 404 g/mol. The highest BCUT2D eigenvalue weighted by Gasteiger charge is 2.61. The van der Waals surface area contributed by atoms with Gasteiger partial charge in [0.2, 0.25) is 0 Å². The molecule has 2 nitrogen and oxygen atoms in total. The standard InChI is InChI=1S/C16H20Br2O2/c17-12-9-14-3-1-2-4-15(14,10-13(12)18)11-16(6-5-14)19-7-8-20-16/h1-2,5-6,12-13H,3-4,7-11H2/t12-,13-,14+,15-/m1/s1. The van der Waals surface area contributed by atoms with Crippen LogP contribution in [0, 0.1) is 10.8 Å². The Morgan fingerprint density at radius 1 is 0.900 bits per heavy atom. The Morgan fingerprint density at radius 2 is 1.60 bits per heavy atom. The van der Waals surface area contributed by atoms with E-state index < -0.39 is 5.79 Å². The molecule has 1 heterocycles. The first kappa shape index (κ1) is 14.0.